The first kappa shape index (κ1) is 15.2. The summed E-state index contributed by atoms with van der Waals surface area (Å²) in [5.41, 5.74) is 1.41. The number of hydrogen-bond donors (Lipinski definition) is 1. The van der Waals surface area contributed by atoms with Gasteiger partial charge in [-0.3, -0.25) is 0 Å². The lowest BCUT2D eigenvalue weighted by Crippen LogP contribution is -2.50. The van der Waals surface area contributed by atoms with Gasteiger partial charge in [0.2, 0.25) is 0 Å². The van der Waals surface area contributed by atoms with E-state index in [2.05, 4.69) is 16.4 Å². The maximum atomic E-state index is 12.2. The molecule has 2 unspecified atom stereocenters. The number of carbonyl (C=O) groups is 2. The molecule has 0 fully saturated rings. The van der Waals surface area contributed by atoms with E-state index in [0.717, 1.165) is 15.3 Å². The lowest BCUT2D eigenvalue weighted by Gasteiger charge is -2.34. The van der Waals surface area contributed by atoms with Crippen molar-refractivity contribution in [3.63, 3.8) is 0 Å². The second-order valence-corrected chi connectivity index (χ2v) is 5.71. The third-order valence-corrected chi connectivity index (χ3v) is 4.47. The summed E-state index contributed by atoms with van der Waals surface area (Å²) in [4.78, 5) is 30.1. The van der Waals surface area contributed by atoms with Crippen LogP contribution in [-0.2, 0) is 0 Å². The van der Waals surface area contributed by atoms with Crippen LogP contribution in [0.15, 0.2) is 16.4 Å². The summed E-state index contributed by atoms with van der Waals surface area (Å²) in [6.45, 7) is 5.73. The summed E-state index contributed by atoms with van der Waals surface area (Å²) in [5, 5.41) is 13.9. The molecule has 110 valence electrons. The van der Waals surface area contributed by atoms with Crippen LogP contribution in [0.5, 0.6) is 0 Å². The molecule has 2 rings (SSSR count). The van der Waals surface area contributed by atoms with Crippen LogP contribution in [0.2, 0.25) is 0 Å². The van der Waals surface area contributed by atoms with E-state index in [-0.39, 0.29) is 0 Å². The molecule has 21 heavy (non-hydrogen) atoms. The predicted molar refractivity (Wildman–Crippen MR) is 80.3 cm³/mol. The Kier molecular flexibility index (Phi) is 4.38. The molecule has 0 saturated heterocycles. The lowest BCUT2D eigenvalue weighted by molar-refractivity contribution is 0.168. The number of thiophene rings is 1. The largest absolute Gasteiger partial charge is 0.352 e. The van der Waals surface area contributed by atoms with Crippen molar-refractivity contribution in [3.8, 4) is 6.07 Å². The van der Waals surface area contributed by atoms with Crippen molar-refractivity contribution in [2.24, 2.45) is 10.9 Å². The topological polar surface area (TPSA) is 85.6 Å². The summed E-state index contributed by atoms with van der Waals surface area (Å²) in [6.07, 6.45) is 0. The maximum Gasteiger partial charge on any atom is 0.352 e. The highest BCUT2D eigenvalue weighted by atomic mass is 32.1. The van der Waals surface area contributed by atoms with E-state index in [0.29, 0.717) is 12.3 Å². The molecule has 0 bridgehead atoms. The first-order chi connectivity index (χ1) is 10.0. The van der Waals surface area contributed by atoms with E-state index in [1.54, 1.807) is 13.8 Å². The molecule has 1 aliphatic heterocycles. The molecule has 2 atom stereocenters. The van der Waals surface area contributed by atoms with Crippen LogP contribution in [0, 0.1) is 24.2 Å². The Bertz CT molecular complexity index is 644. The molecule has 7 heteroatoms. The minimum absolute atomic E-state index is 0.401. The van der Waals surface area contributed by atoms with Gasteiger partial charge >= 0.3 is 12.1 Å². The highest BCUT2D eigenvalue weighted by Gasteiger charge is 2.42. The van der Waals surface area contributed by atoms with E-state index in [1.165, 1.54) is 11.3 Å². The Labute approximate surface area is 127 Å². The number of urea groups is 2. The molecular weight excluding hydrogens is 288 g/mol. The van der Waals surface area contributed by atoms with Crippen LogP contribution in [0.1, 0.15) is 30.3 Å². The van der Waals surface area contributed by atoms with Gasteiger partial charge in [-0.25, -0.2) is 19.5 Å². The molecule has 0 saturated carbocycles. The van der Waals surface area contributed by atoms with Gasteiger partial charge in [0.1, 0.15) is 5.92 Å². The van der Waals surface area contributed by atoms with Gasteiger partial charge in [0.05, 0.1) is 12.1 Å². The quantitative estimate of drug-likeness (QED) is 0.911. The van der Waals surface area contributed by atoms with Crippen LogP contribution in [0.4, 0.5) is 9.59 Å². The number of carbonyl (C=O) groups excluding carboxylic acids is 2. The van der Waals surface area contributed by atoms with Crippen molar-refractivity contribution in [3.05, 3.63) is 21.9 Å². The SMILES string of the molecule is CCNC(=O)N1C(=O)N=C(C)C(C#N)C1c1sccc1C. The zero-order valence-electron chi connectivity index (χ0n) is 12.1. The molecule has 0 aromatic carbocycles. The van der Waals surface area contributed by atoms with Gasteiger partial charge in [-0.15, -0.1) is 11.3 Å². The van der Waals surface area contributed by atoms with Gasteiger partial charge in [0, 0.05) is 17.1 Å². The van der Waals surface area contributed by atoms with Gasteiger partial charge in [-0.05, 0) is 37.8 Å². The van der Waals surface area contributed by atoms with Gasteiger partial charge < -0.3 is 5.32 Å². The minimum Gasteiger partial charge on any atom is -0.338 e. The molecule has 6 nitrogen and oxygen atoms in total. The average molecular weight is 304 g/mol. The Morgan fingerprint density at radius 1 is 1.57 bits per heavy atom. The standard InChI is InChI=1S/C14H16N4O2S/c1-4-16-13(19)18-11(12-8(2)5-6-21-12)10(7-15)9(3)17-14(18)20/h5-6,10-11H,4H2,1-3H3,(H,16,19). The van der Waals surface area contributed by atoms with Crippen LogP contribution in [0.25, 0.3) is 0 Å². The number of aliphatic imine (C=N–C) groups is 1. The molecule has 2 heterocycles. The number of rotatable bonds is 2. The molecule has 0 radical (unpaired) electrons. The molecule has 1 aromatic rings. The van der Waals surface area contributed by atoms with Gasteiger partial charge in [0.25, 0.3) is 0 Å². The number of nitrogens with zero attached hydrogens (tertiary/aromatic N) is 3. The van der Waals surface area contributed by atoms with Crippen LogP contribution in [-0.4, -0.2) is 29.2 Å². The fourth-order valence-corrected chi connectivity index (χ4v) is 3.39. The molecular formula is C14H16N4O2S. The van der Waals surface area contributed by atoms with Gasteiger partial charge in [-0.2, -0.15) is 5.26 Å². The van der Waals surface area contributed by atoms with Crippen LogP contribution in [0.3, 0.4) is 0 Å². The van der Waals surface area contributed by atoms with Crippen molar-refractivity contribution in [2.75, 3.05) is 6.54 Å². The Hall–Kier alpha value is -2.20. The van der Waals surface area contributed by atoms with Crippen LogP contribution >= 0.6 is 11.3 Å². The van der Waals surface area contributed by atoms with Crippen LogP contribution < -0.4 is 5.32 Å². The summed E-state index contributed by atoms with van der Waals surface area (Å²) >= 11 is 1.44. The number of amides is 4. The average Bonchev–Trinajstić information content (AvgIpc) is 2.84. The van der Waals surface area contributed by atoms with Crippen molar-refractivity contribution in [1.29, 1.82) is 5.26 Å². The van der Waals surface area contributed by atoms with Crippen molar-refractivity contribution in [1.82, 2.24) is 10.2 Å². The molecule has 0 aliphatic carbocycles. The number of aryl methyl sites for hydroxylation is 1. The van der Waals surface area contributed by atoms with Gasteiger partial charge in [0.15, 0.2) is 0 Å². The minimum atomic E-state index is -0.623. The number of hydrogen-bond acceptors (Lipinski definition) is 4. The summed E-state index contributed by atoms with van der Waals surface area (Å²) in [6, 6.07) is 2.32. The lowest BCUT2D eigenvalue weighted by atomic mass is 9.91. The number of nitrogens with one attached hydrogen (secondary N) is 1. The maximum absolute atomic E-state index is 12.2. The summed E-state index contributed by atoms with van der Waals surface area (Å²) in [7, 11) is 0. The monoisotopic (exact) mass is 304 g/mol. The van der Waals surface area contributed by atoms with E-state index < -0.39 is 24.0 Å². The zero-order chi connectivity index (χ0) is 15.6. The first-order valence-electron chi connectivity index (χ1n) is 6.61. The molecule has 1 aromatic heterocycles. The van der Waals surface area contributed by atoms with Crippen molar-refractivity contribution < 1.29 is 9.59 Å². The number of nitriles is 1. The third kappa shape index (κ3) is 2.67. The second kappa shape index (κ2) is 6.06. The summed E-state index contributed by atoms with van der Waals surface area (Å²) < 4.78 is 0. The Balaban J connectivity index is 2.54. The third-order valence-electron chi connectivity index (χ3n) is 3.38. The molecule has 0 spiro atoms. The predicted octanol–water partition coefficient (Wildman–Crippen LogP) is 2.86. The van der Waals surface area contributed by atoms with Crippen molar-refractivity contribution >= 4 is 29.1 Å². The number of imide groups is 1. The fraction of sp³-hybridized carbons (Fsp3) is 0.429. The van der Waals surface area contributed by atoms with E-state index in [4.69, 9.17) is 0 Å². The Morgan fingerprint density at radius 3 is 2.81 bits per heavy atom. The highest BCUT2D eigenvalue weighted by molar-refractivity contribution is 7.10. The zero-order valence-corrected chi connectivity index (χ0v) is 12.9. The Morgan fingerprint density at radius 2 is 2.29 bits per heavy atom. The van der Waals surface area contributed by atoms with Gasteiger partial charge in [-0.1, -0.05) is 0 Å². The normalized spacial score (nSPS) is 21.7. The first-order valence-corrected chi connectivity index (χ1v) is 7.49. The summed E-state index contributed by atoms with van der Waals surface area (Å²) in [5.74, 6) is -0.623. The smallest absolute Gasteiger partial charge is 0.338 e. The van der Waals surface area contributed by atoms with E-state index in [9.17, 15) is 14.9 Å². The molecule has 1 N–H and O–H groups in total. The van der Waals surface area contributed by atoms with E-state index in [1.807, 2.05) is 18.4 Å². The highest BCUT2D eigenvalue weighted by Crippen LogP contribution is 2.38. The molecule has 1 aliphatic rings. The van der Waals surface area contributed by atoms with Crippen molar-refractivity contribution in [2.45, 2.75) is 26.8 Å². The molecule has 4 amide bonds. The fourth-order valence-electron chi connectivity index (χ4n) is 2.34. The second-order valence-electron chi connectivity index (χ2n) is 4.76. The van der Waals surface area contributed by atoms with E-state index >= 15 is 0 Å².